The molecule has 1 heterocycles. The Bertz CT molecular complexity index is 589. The number of nitrogens with zero attached hydrogens (tertiary/aromatic N) is 1. The van der Waals surface area contributed by atoms with E-state index in [9.17, 15) is 9.50 Å². The molecule has 94 valence electrons. The standard InChI is InChI=1S/C13H10BrClFNO/c1-13(18,10-4-5-17-7-12(10)16)9-3-2-8(14)6-11(9)15/h2-7,18H,1H3. The van der Waals surface area contributed by atoms with E-state index in [1.165, 1.54) is 19.2 Å². The molecule has 1 atom stereocenters. The molecule has 2 aromatic rings. The van der Waals surface area contributed by atoms with Gasteiger partial charge >= 0.3 is 0 Å². The zero-order valence-electron chi connectivity index (χ0n) is 9.49. The number of hydrogen-bond donors (Lipinski definition) is 1. The van der Waals surface area contributed by atoms with Gasteiger partial charge in [-0.2, -0.15) is 0 Å². The molecule has 2 rings (SSSR count). The van der Waals surface area contributed by atoms with E-state index < -0.39 is 11.4 Å². The van der Waals surface area contributed by atoms with Crippen molar-refractivity contribution < 1.29 is 9.50 Å². The molecule has 0 aliphatic heterocycles. The molecule has 0 bridgehead atoms. The molecule has 0 aliphatic rings. The molecule has 1 N–H and O–H groups in total. The number of halogens is 3. The Morgan fingerprint density at radius 1 is 1.33 bits per heavy atom. The molecule has 0 fully saturated rings. The first-order valence-electron chi connectivity index (χ1n) is 5.21. The van der Waals surface area contributed by atoms with Crippen molar-refractivity contribution in [3.8, 4) is 0 Å². The van der Waals surface area contributed by atoms with Gasteiger partial charge in [0.1, 0.15) is 11.4 Å². The van der Waals surface area contributed by atoms with Crippen molar-refractivity contribution >= 4 is 27.5 Å². The topological polar surface area (TPSA) is 33.1 Å². The molecule has 0 radical (unpaired) electrons. The van der Waals surface area contributed by atoms with Crippen LogP contribution in [0, 0.1) is 5.82 Å². The van der Waals surface area contributed by atoms with Crippen LogP contribution in [0.15, 0.2) is 41.1 Å². The van der Waals surface area contributed by atoms with Crippen molar-refractivity contribution in [3.05, 3.63) is 63.1 Å². The number of rotatable bonds is 2. The third-order valence-electron chi connectivity index (χ3n) is 2.75. The van der Waals surface area contributed by atoms with Crippen molar-refractivity contribution in [1.29, 1.82) is 0 Å². The summed E-state index contributed by atoms with van der Waals surface area (Å²) < 4.78 is 14.5. The normalized spacial score (nSPS) is 14.3. The fourth-order valence-electron chi connectivity index (χ4n) is 1.80. The second-order valence-corrected chi connectivity index (χ2v) is 5.37. The summed E-state index contributed by atoms with van der Waals surface area (Å²) in [6.45, 7) is 1.50. The minimum Gasteiger partial charge on any atom is -0.381 e. The van der Waals surface area contributed by atoms with Crippen molar-refractivity contribution in [2.24, 2.45) is 0 Å². The van der Waals surface area contributed by atoms with Crippen molar-refractivity contribution in [3.63, 3.8) is 0 Å². The molecule has 2 nitrogen and oxygen atoms in total. The lowest BCUT2D eigenvalue weighted by molar-refractivity contribution is 0.0979. The van der Waals surface area contributed by atoms with Gasteiger partial charge < -0.3 is 5.11 Å². The summed E-state index contributed by atoms with van der Waals surface area (Å²) >= 11 is 9.37. The molecule has 18 heavy (non-hydrogen) atoms. The van der Waals surface area contributed by atoms with Gasteiger partial charge in [-0.3, -0.25) is 4.98 Å². The Hall–Kier alpha value is -0.970. The Balaban J connectivity index is 2.58. The molecule has 0 saturated heterocycles. The highest BCUT2D eigenvalue weighted by atomic mass is 79.9. The van der Waals surface area contributed by atoms with Gasteiger partial charge in [-0.25, -0.2) is 4.39 Å². The average molecular weight is 331 g/mol. The van der Waals surface area contributed by atoms with Crippen LogP contribution in [0.1, 0.15) is 18.1 Å². The van der Waals surface area contributed by atoms with Crippen LogP contribution in [0.3, 0.4) is 0 Å². The predicted molar refractivity (Wildman–Crippen MR) is 72.0 cm³/mol. The SMILES string of the molecule is CC(O)(c1ccncc1F)c1ccc(Br)cc1Cl. The quantitative estimate of drug-likeness (QED) is 0.906. The zero-order chi connectivity index (χ0) is 13.3. The number of benzene rings is 1. The van der Waals surface area contributed by atoms with Crippen LogP contribution in [-0.4, -0.2) is 10.1 Å². The highest BCUT2D eigenvalue weighted by Crippen LogP contribution is 2.36. The summed E-state index contributed by atoms with van der Waals surface area (Å²) in [6, 6.07) is 6.50. The highest BCUT2D eigenvalue weighted by Gasteiger charge is 2.30. The Morgan fingerprint density at radius 2 is 2.06 bits per heavy atom. The van der Waals surface area contributed by atoms with Crippen molar-refractivity contribution in [2.75, 3.05) is 0 Å². The van der Waals surface area contributed by atoms with Crippen LogP contribution in [-0.2, 0) is 5.60 Å². The van der Waals surface area contributed by atoms with Gasteiger partial charge in [0, 0.05) is 26.8 Å². The number of pyridine rings is 1. The third kappa shape index (κ3) is 2.41. The fraction of sp³-hybridized carbons (Fsp3) is 0.154. The number of aliphatic hydroxyl groups is 1. The lowest BCUT2D eigenvalue weighted by Crippen LogP contribution is -2.24. The van der Waals surface area contributed by atoms with E-state index in [-0.39, 0.29) is 5.56 Å². The maximum Gasteiger partial charge on any atom is 0.147 e. The van der Waals surface area contributed by atoms with Gasteiger partial charge in [-0.1, -0.05) is 33.6 Å². The number of aromatic nitrogens is 1. The van der Waals surface area contributed by atoms with Gasteiger partial charge in [0.05, 0.1) is 6.20 Å². The predicted octanol–water partition coefficient (Wildman–Crippen LogP) is 3.89. The maximum absolute atomic E-state index is 13.7. The molecule has 0 amide bonds. The molecule has 0 spiro atoms. The van der Waals surface area contributed by atoms with E-state index in [2.05, 4.69) is 20.9 Å². The molecule has 5 heteroatoms. The smallest absolute Gasteiger partial charge is 0.147 e. The molecular formula is C13H10BrClFNO. The van der Waals surface area contributed by atoms with E-state index in [1.807, 2.05) is 0 Å². The fourth-order valence-corrected chi connectivity index (χ4v) is 2.66. The summed E-state index contributed by atoms with van der Waals surface area (Å²) in [7, 11) is 0. The first-order valence-corrected chi connectivity index (χ1v) is 6.38. The van der Waals surface area contributed by atoms with Crippen LogP contribution < -0.4 is 0 Å². The monoisotopic (exact) mass is 329 g/mol. The van der Waals surface area contributed by atoms with Crippen molar-refractivity contribution in [2.45, 2.75) is 12.5 Å². The van der Waals surface area contributed by atoms with Crippen LogP contribution in [0.2, 0.25) is 5.02 Å². The molecule has 1 aromatic carbocycles. The Labute approximate surface area is 118 Å². The van der Waals surface area contributed by atoms with Crippen LogP contribution in [0.25, 0.3) is 0 Å². The second kappa shape index (κ2) is 4.96. The van der Waals surface area contributed by atoms with E-state index in [0.717, 1.165) is 10.7 Å². The summed E-state index contributed by atoms with van der Waals surface area (Å²) in [4.78, 5) is 3.66. The van der Waals surface area contributed by atoms with E-state index in [4.69, 9.17) is 11.6 Å². The largest absolute Gasteiger partial charge is 0.381 e. The Morgan fingerprint density at radius 3 is 2.67 bits per heavy atom. The van der Waals surface area contributed by atoms with E-state index in [1.54, 1.807) is 18.2 Å². The van der Waals surface area contributed by atoms with Crippen molar-refractivity contribution in [1.82, 2.24) is 4.98 Å². The summed E-state index contributed by atoms with van der Waals surface area (Å²) in [6.07, 6.45) is 2.50. The third-order valence-corrected chi connectivity index (χ3v) is 3.56. The van der Waals surface area contributed by atoms with Gasteiger partial charge in [-0.15, -0.1) is 0 Å². The molecule has 1 aromatic heterocycles. The van der Waals surface area contributed by atoms with Crippen LogP contribution >= 0.6 is 27.5 Å². The molecular weight excluding hydrogens is 321 g/mol. The molecule has 0 saturated carbocycles. The lowest BCUT2D eigenvalue weighted by atomic mass is 9.88. The van der Waals surface area contributed by atoms with Gasteiger partial charge in [-0.05, 0) is 25.1 Å². The Kier molecular flexibility index (Phi) is 3.71. The maximum atomic E-state index is 13.7. The summed E-state index contributed by atoms with van der Waals surface area (Å²) in [5.74, 6) is -0.568. The highest BCUT2D eigenvalue weighted by molar-refractivity contribution is 9.10. The first kappa shape index (κ1) is 13.5. The average Bonchev–Trinajstić information content (AvgIpc) is 2.28. The number of hydrogen-bond acceptors (Lipinski definition) is 2. The van der Waals surface area contributed by atoms with Crippen LogP contribution in [0.4, 0.5) is 4.39 Å². The zero-order valence-corrected chi connectivity index (χ0v) is 11.8. The van der Waals surface area contributed by atoms with Crippen LogP contribution in [0.5, 0.6) is 0 Å². The van der Waals surface area contributed by atoms with E-state index in [0.29, 0.717) is 10.6 Å². The minimum absolute atomic E-state index is 0.140. The van der Waals surface area contributed by atoms with E-state index >= 15 is 0 Å². The van der Waals surface area contributed by atoms with Gasteiger partial charge in [0.25, 0.3) is 0 Å². The second-order valence-electron chi connectivity index (χ2n) is 4.05. The first-order chi connectivity index (χ1) is 8.43. The summed E-state index contributed by atoms with van der Waals surface area (Å²) in [5.41, 5.74) is -0.927. The van der Waals surface area contributed by atoms with Gasteiger partial charge in [0.15, 0.2) is 0 Å². The minimum atomic E-state index is -1.51. The lowest BCUT2D eigenvalue weighted by Gasteiger charge is -2.25. The summed E-state index contributed by atoms with van der Waals surface area (Å²) in [5, 5.41) is 10.9. The molecule has 0 aliphatic carbocycles. The molecule has 1 unspecified atom stereocenters. The van der Waals surface area contributed by atoms with Gasteiger partial charge in [0.2, 0.25) is 0 Å².